The van der Waals surface area contributed by atoms with Crippen LogP contribution < -0.4 is 0 Å². The van der Waals surface area contributed by atoms with Gasteiger partial charge in [0.15, 0.2) is 11.9 Å². The summed E-state index contributed by atoms with van der Waals surface area (Å²) >= 11 is 0. The van der Waals surface area contributed by atoms with Crippen molar-refractivity contribution in [2.45, 2.75) is 25.9 Å². The van der Waals surface area contributed by atoms with Crippen LogP contribution >= 0.6 is 0 Å². The van der Waals surface area contributed by atoms with Gasteiger partial charge >= 0.3 is 0 Å². The van der Waals surface area contributed by atoms with E-state index >= 15 is 0 Å². The van der Waals surface area contributed by atoms with Crippen LogP contribution in [0.5, 0.6) is 0 Å². The van der Waals surface area contributed by atoms with Gasteiger partial charge in [-0.2, -0.15) is 0 Å². The normalized spacial score (nSPS) is 27.3. The monoisotopic (exact) mass is 201 g/mol. The smallest absolute Gasteiger partial charge is 0.203 e. The first-order valence-electron chi connectivity index (χ1n) is 5.20. The van der Waals surface area contributed by atoms with Crippen LogP contribution in [-0.2, 0) is 9.53 Å². The Bertz CT molecular complexity index is 466. The van der Waals surface area contributed by atoms with Crippen LogP contribution in [0.25, 0.3) is 0 Å². The number of nitrogens with zero attached hydrogens (tertiary/aromatic N) is 1. The summed E-state index contributed by atoms with van der Waals surface area (Å²) in [7, 11) is 0. The van der Waals surface area contributed by atoms with E-state index in [-0.39, 0.29) is 11.9 Å². The average molecular weight is 201 g/mol. The summed E-state index contributed by atoms with van der Waals surface area (Å²) in [4.78, 5) is 16.1. The van der Waals surface area contributed by atoms with Crippen LogP contribution in [0.15, 0.2) is 40.2 Å². The summed E-state index contributed by atoms with van der Waals surface area (Å²) in [5.74, 6) is 0.853. The fourth-order valence-electron chi connectivity index (χ4n) is 2.15. The highest BCUT2D eigenvalue weighted by Crippen LogP contribution is 2.34. The van der Waals surface area contributed by atoms with Gasteiger partial charge in [0.05, 0.1) is 0 Å². The molecule has 1 unspecified atom stereocenters. The third-order valence-electron chi connectivity index (χ3n) is 2.97. The minimum atomic E-state index is -0.286. The van der Waals surface area contributed by atoms with Crippen molar-refractivity contribution in [3.05, 3.63) is 35.3 Å². The van der Waals surface area contributed by atoms with Gasteiger partial charge in [0, 0.05) is 17.3 Å². The van der Waals surface area contributed by atoms with Crippen LogP contribution in [0.4, 0.5) is 0 Å². The molecular weight excluding hydrogens is 190 g/mol. The molecule has 15 heavy (non-hydrogen) atoms. The number of ketones is 1. The molecule has 0 amide bonds. The zero-order valence-electron chi connectivity index (χ0n) is 8.49. The topological polar surface area (TPSA) is 38.7 Å². The summed E-state index contributed by atoms with van der Waals surface area (Å²) in [6, 6.07) is 0. The summed E-state index contributed by atoms with van der Waals surface area (Å²) in [6.45, 7) is 1.96. The fourth-order valence-corrected chi connectivity index (χ4v) is 2.15. The van der Waals surface area contributed by atoms with Crippen LogP contribution in [-0.4, -0.2) is 17.6 Å². The molecule has 0 saturated heterocycles. The van der Waals surface area contributed by atoms with E-state index in [2.05, 4.69) is 4.99 Å². The number of aliphatic imine (C=N–C) groups is 1. The molecule has 0 aromatic heterocycles. The lowest BCUT2D eigenvalue weighted by molar-refractivity contribution is -0.121. The number of carbonyl (C=O) groups excluding carboxylic acids is 1. The maximum absolute atomic E-state index is 11.9. The average Bonchev–Trinajstić information content (AvgIpc) is 2.82. The van der Waals surface area contributed by atoms with Gasteiger partial charge in [-0.05, 0) is 18.9 Å². The molecule has 3 nitrogen and oxygen atoms in total. The first-order chi connectivity index (χ1) is 7.31. The largest absolute Gasteiger partial charge is 0.480 e. The Kier molecular flexibility index (Phi) is 1.69. The van der Waals surface area contributed by atoms with Gasteiger partial charge in [-0.25, -0.2) is 0 Å². The highest BCUT2D eigenvalue weighted by molar-refractivity contribution is 6.21. The Hall–Kier alpha value is -1.64. The Morgan fingerprint density at radius 3 is 3.27 bits per heavy atom. The molecule has 76 valence electrons. The zero-order chi connectivity index (χ0) is 10.4. The lowest BCUT2D eigenvalue weighted by Gasteiger charge is -2.12. The van der Waals surface area contributed by atoms with Gasteiger partial charge in [-0.3, -0.25) is 9.79 Å². The number of hydrogen-bond acceptors (Lipinski definition) is 3. The van der Waals surface area contributed by atoms with Crippen LogP contribution in [0.2, 0.25) is 0 Å². The Balaban J connectivity index is 2.02. The Morgan fingerprint density at radius 1 is 1.60 bits per heavy atom. The lowest BCUT2D eigenvalue weighted by Crippen LogP contribution is -2.16. The van der Waals surface area contributed by atoms with Crippen molar-refractivity contribution >= 4 is 11.5 Å². The Labute approximate surface area is 87.8 Å². The van der Waals surface area contributed by atoms with E-state index < -0.39 is 0 Å². The third kappa shape index (κ3) is 1.06. The van der Waals surface area contributed by atoms with E-state index in [1.54, 1.807) is 6.20 Å². The van der Waals surface area contributed by atoms with E-state index in [9.17, 15) is 4.79 Å². The second-order valence-corrected chi connectivity index (χ2v) is 3.84. The van der Waals surface area contributed by atoms with Crippen molar-refractivity contribution in [2.75, 3.05) is 0 Å². The molecule has 3 rings (SSSR count). The number of fused-ring (bicyclic) bond motifs is 2. The zero-order valence-corrected chi connectivity index (χ0v) is 8.49. The molecule has 0 aromatic carbocycles. The second-order valence-electron chi connectivity index (χ2n) is 3.84. The molecule has 0 aromatic rings. The van der Waals surface area contributed by atoms with Crippen LogP contribution in [0.3, 0.4) is 0 Å². The molecule has 0 N–H and O–H groups in total. The molecule has 0 bridgehead atoms. The van der Waals surface area contributed by atoms with E-state index in [0.29, 0.717) is 12.2 Å². The number of Topliss-reactive ketones (excluding diaryl/α,β-unsaturated/α-hetero) is 1. The van der Waals surface area contributed by atoms with Crippen molar-refractivity contribution in [1.82, 2.24) is 0 Å². The molecule has 0 fully saturated rings. The summed E-state index contributed by atoms with van der Waals surface area (Å²) in [5, 5.41) is 0. The molecule has 2 heterocycles. The van der Waals surface area contributed by atoms with Gasteiger partial charge < -0.3 is 4.74 Å². The molecule has 3 aliphatic rings. The van der Waals surface area contributed by atoms with Crippen molar-refractivity contribution in [2.24, 2.45) is 4.99 Å². The minimum Gasteiger partial charge on any atom is -0.480 e. The minimum absolute atomic E-state index is 0.136. The standard InChI is InChI=1S/C12H11NO2/c1-2-9-11(14)8-4-3-7-5-6-13-10(7)12(8)15-9/h3,5-6,9H,2,4H2,1H3. The van der Waals surface area contributed by atoms with E-state index in [1.165, 1.54) is 0 Å². The molecule has 0 radical (unpaired) electrons. The highest BCUT2D eigenvalue weighted by atomic mass is 16.5. The quantitative estimate of drug-likeness (QED) is 0.650. The van der Waals surface area contributed by atoms with Crippen molar-refractivity contribution in [3.8, 4) is 0 Å². The molecule has 2 aliphatic heterocycles. The fraction of sp³-hybridized carbons (Fsp3) is 0.333. The van der Waals surface area contributed by atoms with E-state index in [1.807, 2.05) is 19.1 Å². The number of rotatable bonds is 1. The lowest BCUT2D eigenvalue weighted by atomic mass is 9.94. The molecule has 1 atom stereocenters. The number of ether oxygens (including phenoxy) is 1. The molecular formula is C12H11NO2. The molecule has 0 saturated carbocycles. The van der Waals surface area contributed by atoms with Crippen LogP contribution in [0.1, 0.15) is 19.8 Å². The molecule has 3 heteroatoms. The van der Waals surface area contributed by atoms with E-state index in [4.69, 9.17) is 4.74 Å². The van der Waals surface area contributed by atoms with Gasteiger partial charge in [0.1, 0.15) is 5.71 Å². The van der Waals surface area contributed by atoms with Gasteiger partial charge in [-0.15, -0.1) is 0 Å². The first-order valence-corrected chi connectivity index (χ1v) is 5.20. The first kappa shape index (κ1) is 8.65. The summed E-state index contributed by atoms with van der Waals surface area (Å²) < 4.78 is 5.66. The third-order valence-corrected chi connectivity index (χ3v) is 2.97. The number of hydrogen-bond donors (Lipinski definition) is 0. The highest BCUT2D eigenvalue weighted by Gasteiger charge is 2.38. The van der Waals surface area contributed by atoms with Crippen molar-refractivity contribution in [3.63, 3.8) is 0 Å². The number of allylic oxidation sites excluding steroid dienone is 3. The molecule has 0 spiro atoms. The van der Waals surface area contributed by atoms with E-state index in [0.717, 1.165) is 23.3 Å². The predicted molar refractivity (Wildman–Crippen MR) is 56.5 cm³/mol. The number of carbonyl (C=O) groups is 1. The van der Waals surface area contributed by atoms with Gasteiger partial charge in [0.2, 0.25) is 5.78 Å². The van der Waals surface area contributed by atoms with Crippen LogP contribution in [0, 0.1) is 0 Å². The van der Waals surface area contributed by atoms with Crippen molar-refractivity contribution in [1.29, 1.82) is 0 Å². The van der Waals surface area contributed by atoms with Crippen molar-refractivity contribution < 1.29 is 9.53 Å². The Morgan fingerprint density at radius 2 is 2.47 bits per heavy atom. The summed E-state index contributed by atoms with van der Waals surface area (Å²) in [6.07, 6.45) is 6.87. The summed E-state index contributed by atoms with van der Waals surface area (Å²) in [5.41, 5.74) is 2.71. The molecule has 1 aliphatic carbocycles. The second kappa shape index (κ2) is 2.92. The predicted octanol–water partition coefficient (Wildman–Crippen LogP) is 1.92. The van der Waals surface area contributed by atoms with Gasteiger partial charge in [0.25, 0.3) is 0 Å². The maximum atomic E-state index is 11.9. The SMILES string of the molecule is CCC1OC2=C(CC=C3C=CN=C32)C1=O. The van der Waals surface area contributed by atoms with Gasteiger partial charge in [-0.1, -0.05) is 13.0 Å². The maximum Gasteiger partial charge on any atom is 0.203 e.